The van der Waals surface area contributed by atoms with Crippen LogP contribution in [-0.4, -0.2) is 37.0 Å². The third-order valence-corrected chi connectivity index (χ3v) is 6.16. The van der Waals surface area contributed by atoms with Crippen LogP contribution in [-0.2, 0) is 13.1 Å². The summed E-state index contributed by atoms with van der Waals surface area (Å²) >= 11 is 3.63. The molecular formula is C19H28N4S2. The third kappa shape index (κ3) is 6.13. The molecule has 1 saturated heterocycles. The van der Waals surface area contributed by atoms with Gasteiger partial charge in [0.25, 0.3) is 0 Å². The molecular weight excluding hydrogens is 348 g/mol. The van der Waals surface area contributed by atoms with Crippen LogP contribution < -0.4 is 10.6 Å². The first-order chi connectivity index (χ1) is 12.3. The molecule has 0 amide bonds. The van der Waals surface area contributed by atoms with Gasteiger partial charge in [-0.25, -0.2) is 4.99 Å². The zero-order chi connectivity index (χ0) is 17.3. The maximum atomic E-state index is 4.71. The molecule has 0 saturated carbocycles. The molecule has 2 aromatic heterocycles. The predicted molar refractivity (Wildman–Crippen MR) is 109 cm³/mol. The van der Waals surface area contributed by atoms with E-state index in [2.05, 4.69) is 57.5 Å². The van der Waals surface area contributed by atoms with Crippen molar-refractivity contribution in [1.29, 1.82) is 0 Å². The number of nitrogens with zero attached hydrogens (tertiary/aromatic N) is 2. The van der Waals surface area contributed by atoms with Crippen molar-refractivity contribution >= 4 is 28.6 Å². The second-order valence-corrected chi connectivity index (χ2v) is 8.54. The van der Waals surface area contributed by atoms with Crippen LogP contribution in [0.25, 0.3) is 0 Å². The maximum absolute atomic E-state index is 4.71. The highest BCUT2D eigenvalue weighted by Crippen LogP contribution is 2.20. The minimum atomic E-state index is 0.694. The van der Waals surface area contributed by atoms with Gasteiger partial charge in [0.15, 0.2) is 5.96 Å². The molecule has 0 aromatic carbocycles. The summed E-state index contributed by atoms with van der Waals surface area (Å²) in [7, 11) is 0. The molecule has 2 aromatic rings. The van der Waals surface area contributed by atoms with E-state index in [0.29, 0.717) is 5.92 Å². The lowest BCUT2D eigenvalue weighted by Crippen LogP contribution is -2.44. The number of hydrogen-bond donors (Lipinski definition) is 2. The Morgan fingerprint density at radius 1 is 1.20 bits per heavy atom. The predicted octanol–water partition coefficient (Wildman–Crippen LogP) is 3.78. The summed E-state index contributed by atoms with van der Waals surface area (Å²) in [5, 5.41) is 11.2. The van der Waals surface area contributed by atoms with Crippen LogP contribution in [0, 0.1) is 5.92 Å². The lowest BCUT2D eigenvalue weighted by Gasteiger charge is -2.32. The Morgan fingerprint density at radius 3 is 2.72 bits per heavy atom. The lowest BCUT2D eigenvalue weighted by atomic mass is 9.98. The van der Waals surface area contributed by atoms with Gasteiger partial charge in [0.2, 0.25) is 0 Å². The number of aliphatic imine (C=N–C) groups is 1. The van der Waals surface area contributed by atoms with Gasteiger partial charge in [-0.3, -0.25) is 4.90 Å². The lowest BCUT2D eigenvalue weighted by molar-refractivity contribution is 0.169. The summed E-state index contributed by atoms with van der Waals surface area (Å²) < 4.78 is 0. The van der Waals surface area contributed by atoms with Crippen LogP contribution in [0.4, 0.5) is 0 Å². The van der Waals surface area contributed by atoms with Crippen molar-refractivity contribution < 1.29 is 0 Å². The van der Waals surface area contributed by atoms with Crippen molar-refractivity contribution in [2.24, 2.45) is 10.9 Å². The van der Waals surface area contributed by atoms with Crippen molar-refractivity contribution in [3.63, 3.8) is 0 Å². The molecule has 4 nitrogen and oxygen atoms in total. The Morgan fingerprint density at radius 2 is 2.00 bits per heavy atom. The maximum Gasteiger partial charge on any atom is 0.191 e. The summed E-state index contributed by atoms with van der Waals surface area (Å²) in [6.45, 7) is 8.26. The van der Waals surface area contributed by atoms with Gasteiger partial charge in [0, 0.05) is 35.9 Å². The van der Waals surface area contributed by atoms with Gasteiger partial charge in [-0.2, -0.15) is 0 Å². The largest absolute Gasteiger partial charge is 0.357 e. The van der Waals surface area contributed by atoms with Gasteiger partial charge in [0.05, 0.1) is 6.54 Å². The standard InChI is InChI=1S/C19H28N4S2/c1-2-20-19(22-13-17-7-4-10-24-17)21-12-16-6-3-9-23(14-16)15-18-8-5-11-25-18/h4-5,7-8,10-11,16H,2-3,6,9,12-15H2,1H3,(H2,20,21,22). The Kier molecular flexibility index (Phi) is 7.33. The summed E-state index contributed by atoms with van der Waals surface area (Å²) in [6, 6.07) is 8.62. The quantitative estimate of drug-likeness (QED) is 0.571. The molecule has 1 fully saturated rings. The molecule has 136 valence electrons. The highest BCUT2D eigenvalue weighted by atomic mass is 32.1. The molecule has 0 bridgehead atoms. The van der Waals surface area contributed by atoms with Crippen LogP contribution in [0.5, 0.6) is 0 Å². The fourth-order valence-corrected chi connectivity index (χ4v) is 4.60. The molecule has 3 rings (SSSR count). The van der Waals surface area contributed by atoms with E-state index in [1.54, 1.807) is 11.3 Å². The molecule has 0 aliphatic carbocycles. The number of rotatable bonds is 7. The number of nitrogens with one attached hydrogen (secondary N) is 2. The summed E-state index contributed by atoms with van der Waals surface area (Å²) in [4.78, 5) is 10.1. The summed E-state index contributed by atoms with van der Waals surface area (Å²) in [6.07, 6.45) is 2.60. The number of hydrogen-bond acceptors (Lipinski definition) is 4. The van der Waals surface area contributed by atoms with Crippen LogP contribution in [0.3, 0.4) is 0 Å². The van der Waals surface area contributed by atoms with Crippen LogP contribution in [0.2, 0.25) is 0 Å². The van der Waals surface area contributed by atoms with E-state index < -0.39 is 0 Å². The van der Waals surface area contributed by atoms with E-state index in [9.17, 15) is 0 Å². The molecule has 0 spiro atoms. The minimum absolute atomic E-state index is 0.694. The van der Waals surface area contributed by atoms with Gasteiger partial charge < -0.3 is 10.6 Å². The van der Waals surface area contributed by atoms with Crippen LogP contribution in [0.15, 0.2) is 40.0 Å². The van der Waals surface area contributed by atoms with E-state index in [-0.39, 0.29) is 0 Å². The fraction of sp³-hybridized carbons (Fsp3) is 0.526. The second-order valence-electron chi connectivity index (χ2n) is 6.48. The monoisotopic (exact) mass is 376 g/mol. The van der Waals surface area contributed by atoms with Gasteiger partial charge >= 0.3 is 0 Å². The van der Waals surface area contributed by atoms with Gasteiger partial charge in [0.1, 0.15) is 0 Å². The molecule has 0 radical (unpaired) electrons. The van der Waals surface area contributed by atoms with E-state index in [0.717, 1.165) is 32.1 Å². The van der Waals surface area contributed by atoms with E-state index >= 15 is 0 Å². The average Bonchev–Trinajstić information content (AvgIpc) is 3.31. The topological polar surface area (TPSA) is 39.7 Å². The molecule has 1 atom stereocenters. The van der Waals surface area contributed by atoms with Crippen molar-refractivity contribution in [1.82, 2.24) is 15.5 Å². The van der Waals surface area contributed by atoms with E-state index in [1.807, 2.05) is 11.3 Å². The second kappa shape index (κ2) is 9.94. The molecule has 1 aliphatic heterocycles. The zero-order valence-electron chi connectivity index (χ0n) is 14.9. The molecule has 1 unspecified atom stereocenters. The Balaban J connectivity index is 1.47. The zero-order valence-corrected chi connectivity index (χ0v) is 16.5. The molecule has 6 heteroatoms. The number of likely N-dealkylation sites (tertiary alicyclic amines) is 1. The summed E-state index contributed by atoms with van der Waals surface area (Å²) in [5.41, 5.74) is 0. The first kappa shape index (κ1) is 18.4. The molecule has 2 N–H and O–H groups in total. The minimum Gasteiger partial charge on any atom is -0.357 e. The number of thiophene rings is 2. The first-order valence-electron chi connectivity index (χ1n) is 9.12. The SMILES string of the molecule is CCNC(=NCc1cccs1)NCC1CCCN(Cc2cccs2)C1. The van der Waals surface area contributed by atoms with Gasteiger partial charge in [-0.05, 0) is 55.1 Å². The average molecular weight is 377 g/mol. The first-order valence-corrected chi connectivity index (χ1v) is 10.9. The molecule has 3 heterocycles. The number of guanidine groups is 1. The normalized spacial score (nSPS) is 19.1. The number of piperidine rings is 1. The van der Waals surface area contributed by atoms with Crippen molar-refractivity contribution in [3.8, 4) is 0 Å². The Hall–Kier alpha value is -1.37. The van der Waals surface area contributed by atoms with Crippen LogP contribution in [0.1, 0.15) is 29.5 Å². The fourth-order valence-electron chi connectivity index (χ4n) is 3.23. The van der Waals surface area contributed by atoms with E-state index in [1.165, 1.54) is 35.7 Å². The van der Waals surface area contributed by atoms with Gasteiger partial charge in [-0.15, -0.1) is 22.7 Å². The molecule has 1 aliphatic rings. The highest BCUT2D eigenvalue weighted by molar-refractivity contribution is 7.10. The highest BCUT2D eigenvalue weighted by Gasteiger charge is 2.20. The van der Waals surface area contributed by atoms with Crippen molar-refractivity contribution in [2.75, 3.05) is 26.2 Å². The smallest absolute Gasteiger partial charge is 0.191 e. The van der Waals surface area contributed by atoms with Crippen molar-refractivity contribution in [2.45, 2.75) is 32.9 Å². The Bertz CT molecular complexity index is 622. The van der Waals surface area contributed by atoms with E-state index in [4.69, 9.17) is 4.99 Å². The Labute approximate surface area is 159 Å². The third-order valence-electron chi connectivity index (χ3n) is 4.44. The summed E-state index contributed by atoms with van der Waals surface area (Å²) in [5.74, 6) is 1.63. The van der Waals surface area contributed by atoms with Crippen molar-refractivity contribution in [3.05, 3.63) is 44.8 Å². The van der Waals surface area contributed by atoms with Gasteiger partial charge in [-0.1, -0.05) is 12.1 Å². The molecule has 25 heavy (non-hydrogen) atoms. The van der Waals surface area contributed by atoms with Crippen LogP contribution >= 0.6 is 22.7 Å².